The Morgan fingerprint density at radius 1 is 1.30 bits per heavy atom. The zero-order valence-corrected chi connectivity index (χ0v) is 13.7. The first kappa shape index (κ1) is 16.6. The van der Waals surface area contributed by atoms with Gasteiger partial charge in [0.2, 0.25) is 11.5 Å². The summed E-state index contributed by atoms with van der Waals surface area (Å²) < 4.78 is 10.1. The summed E-state index contributed by atoms with van der Waals surface area (Å²) in [4.78, 5) is 13.0. The number of aryl methyl sites for hydroxylation is 1. The molecule has 23 heavy (non-hydrogen) atoms. The molecular weight excluding hydrogens is 314 g/mol. The second-order valence-corrected chi connectivity index (χ2v) is 5.62. The van der Waals surface area contributed by atoms with Gasteiger partial charge in [0.25, 0.3) is 0 Å². The number of ketones is 1. The highest BCUT2D eigenvalue weighted by atomic mass is 32.1. The molecule has 0 spiro atoms. The Kier molecular flexibility index (Phi) is 5.04. The molecule has 0 aliphatic heterocycles. The molecule has 6 heteroatoms. The van der Waals surface area contributed by atoms with Crippen LogP contribution in [0.2, 0.25) is 0 Å². The highest BCUT2D eigenvalue weighted by molar-refractivity contribution is 7.12. The molecule has 0 aliphatic rings. The van der Waals surface area contributed by atoms with E-state index in [0.29, 0.717) is 10.4 Å². The summed E-state index contributed by atoms with van der Waals surface area (Å²) in [5.41, 5.74) is 1.36. The highest BCUT2D eigenvalue weighted by Gasteiger charge is 2.17. The minimum atomic E-state index is -0.328. The van der Waals surface area contributed by atoms with Crippen molar-refractivity contribution in [2.24, 2.45) is 0 Å². The molecule has 2 rings (SSSR count). The van der Waals surface area contributed by atoms with Crippen LogP contribution in [0.25, 0.3) is 6.08 Å². The summed E-state index contributed by atoms with van der Waals surface area (Å²) in [5.74, 6) is -0.0580. The quantitative estimate of drug-likeness (QED) is 0.515. The van der Waals surface area contributed by atoms with Gasteiger partial charge in [-0.25, -0.2) is 0 Å². The molecule has 0 saturated heterocycles. The van der Waals surface area contributed by atoms with Crippen molar-refractivity contribution in [3.63, 3.8) is 0 Å². The maximum absolute atomic E-state index is 12.4. The van der Waals surface area contributed by atoms with Gasteiger partial charge in [-0.05, 0) is 47.7 Å². The van der Waals surface area contributed by atoms with Crippen LogP contribution in [-0.2, 0) is 0 Å². The molecule has 2 aromatic rings. The van der Waals surface area contributed by atoms with E-state index < -0.39 is 0 Å². The first-order valence-corrected chi connectivity index (χ1v) is 7.55. The van der Waals surface area contributed by atoms with Crippen molar-refractivity contribution < 1.29 is 19.4 Å². The number of nitrogens with zero attached hydrogens (tertiary/aromatic N) is 1. The van der Waals surface area contributed by atoms with E-state index in [9.17, 15) is 15.2 Å². The molecule has 0 saturated carbocycles. The number of carbonyl (C=O) groups is 1. The van der Waals surface area contributed by atoms with Gasteiger partial charge < -0.3 is 14.6 Å². The van der Waals surface area contributed by atoms with Crippen molar-refractivity contribution in [2.45, 2.75) is 6.92 Å². The molecule has 0 radical (unpaired) electrons. The number of hydrogen-bond donors (Lipinski definition) is 1. The molecule has 0 atom stereocenters. The van der Waals surface area contributed by atoms with Crippen LogP contribution in [0.3, 0.4) is 0 Å². The number of rotatable bonds is 5. The lowest BCUT2D eigenvalue weighted by Crippen LogP contribution is -2.01. The van der Waals surface area contributed by atoms with E-state index in [0.717, 1.165) is 5.56 Å². The van der Waals surface area contributed by atoms with Gasteiger partial charge in [-0.1, -0.05) is 0 Å². The summed E-state index contributed by atoms with van der Waals surface area (Å²) in [7, 11) is 2.82. The number of ether oxygens (including phenoxy) is 2. The average molecular weight is 329 g/mol. The Morgan fingerprint density at radius 2 is 1.91 bits per heavy atom. The Morgan fingerprint density at radius 3 is 2.35 bits per heavy atom. The van der Waals surface area contributed by atoms with Crippen LogP contribution in [-0.4, -0.2) is 25.1 Å². The molecule has 0 aliphatic carbocycles. The first-order chi connectivity index (χ1) is 11.0. The predicted molar refractivity (Wildman–Crippen MR) is 88.2 cm³/mol. The second-order valence-electron chi connectivity index (χ2n) is 4.71. The number of thiophene rings is 1. The number of phenolic OH excluding ortho intramolecular Hbond substituents is 1. The molecular formula is C17H15NO4S. The fourth-order valence-electron chi connectivity index (χ4n) is 2.04. The van der Waals surface area contributed by atoms with Gasteiger partial charge in [0.15, 0.2) is 11.5 Å². The molecule has 0 fully saturated rings. The predicted octanol–water partition coefficient (Wildman–Crippen LogP) is 3.57. The molecule has 1 aromatic carbocycles. The van der Waals surface area contributed by atoms with Crippen LogP contribution in [0, 0.1) is 18.3 Å². The lowest BCUT2D eigenvalue weighted by Gasteiger charge is -2.09. The van der Waals surface area contributed by atoms with Crippen molar-refractivity contribution in [1.29, 1.82) is 5.26 Å². The summed E-state index contributed by atoms with van der Waals surface area (Å²) in [6.45, 7) is 1.82. The molecule has 0 bridgehead atoms. The van der Waals surface area contributed by atoms with Gasteiger partial charge in [0.05, 0.1) is 19.1 Å². The van der Waals surface area contributed by atoms with Gasteiger partial charge in [-0.2, -0.15) is 5.26 Å². The summed E-state index contributed by atoms with van der Waals surface area (Å²) in [6, 6.07) is 6.83. The molecule has 1 aromatic heterocycles. The molecule has 5 nitrogen and oxygen atoms in total. The van der Waals surface area contributed by atoms with Crippen molar-refractivity contribution >= 4 is 23.2 Å². The molecule has 1 heterocycles. The van der Waals surface area contributed by atoms with Crippen LogP contribution in [0.5, 0.6) is 17.2 Å². The maximum Gasteiger partial charge on any atom is 0.213 e. The minimum absolute atomic E-state index is 0.00495. The second kappa shape index (κ2) is 6.99. The zero-order chi connectivity index (χ0) is 17.0. The maximum atomic E-state index is 12.4. The van der Waals surface area contributed by atoms with Gasteiger partial charge in [-0.15, -0.1) is 11.3 Å². The van der Waals surface area contributed by atoms with Crippen LogP contribution >= 0.6 is 11.3 Å². The number of methoxy groups -OCH3 is 2. The van der Waals surface area contributed by atoms with E-state index >= 15 is 0 Å². The van der Waals surface area contributed by atoms with E-state index in [1.807, 2.05) is 24.4 Å². The third-order valence-electron chi connectivity index (χ3n) is 3.25. The van der Waals surface area contributed by atoms with Crippen LogP contribution in [0.1, 0.15) is 20.8 Å². The van der Waals surface area contributed by atoms with Gasteiger partial charge in [0.1, 0.15) is 11.6 Å². The van der Waals surface area contributed by atoms with E-state index in [2.05, 4.69) is 0 Å². The SMILES string of the molecule is COc1cc(/C=C(\C#N)C(=O)c2sccc2C)cc(OC)c1O. The number of Topliss-reactive ketones (excluding diaryl/α,β-unsaturated/α-hetero) is 1. The molecule has 1 N–H and O–H groups in total. The number of benzene rings is 1. The molecule has 0 amide bonds. The number of nitriles is 1. The van der Waals surface area contributed by atoms with Gasteiger partial charge >= 0.3 is 0 Å². The topological polar surface area (TPSA) is 79.5 Å². The highest BCUT2D eigenvalue weighted by Crippen LogP contribution is 2.37. The third-order valence-corrected chi connectivity index (χ3v) is 4.26. The van der Waals surface area contributed by atoms with E-state index in [1.54, 1.807) is 0 Å². The number of carbonyl (C=O) groups excluding carboxylic acids is 1. The lowest BCUT2D eigenvalue weighted by atomic mass is 10.0. The van der Waals surface area contributed by atoms with Gasteiger partial charge in [-0.3, -0.25) is 4.79 Å². The minimum Gasteiger partial charge on any atom is -0.502 e. The van der Waals surface area contributed by atoms with Crippen LogP contribution in [0.4, 0.5) is 0 Å². The van der Waals surface area contributed by atoms with E-state index in [-0.39, 0.29) is 28.6 Å². The number of phenols is 1. The van der Waals surface area contributed by atoms with Crippen molar-refractivity contribution in [2.75, 3.05) is 14.2 Å². The Hall–Kier alpha value is -2.78. The Labute approximate surface area is 138 Å². The van der Waals surface area contributed by atoms with Crippen LogP contribution in [0.15, 0.2) is 29.2 Å². The van der Waals surface area contributed by atoms with E-state index in [4.69, 9.17) is 9.47 Å². The average Bonchev–Trinajstić information content (AvgIpc) is 2.99. The fourth-order valence-corrected chi connectivity index (χ4v) is 2.92. The number of hydrogen-bond acceptors (Lipinski definition) is 6. The summed E-state index contributed by atoms with van der Waals surface area (Å²) in [6.07, 6.45) is 1.45. The molecule has 0 unspecified atom stereocenters. The summed E-state index contributed by atoms with van der Waals surface area (Å²) in [5, 5.41) is 21.0. The Bertz CT molecular complexity index is 789. The van der Waals surface area contributed by atoms with Gasteiger partial charge in [0, 0.05) is 0 Å². The smallest absolute Gasteiger partial charge is 0.213 e. The first-order valence-electron chi connectivity index (χ1n) is 6.67. The van der Waals surface area contributed by atoms with E-state index in [1.165, 1.54) is 43.8 Å². The third kappa shape index (κ3) is 3.35. The lowest BCUT2D eigenvalue weighted by molar-refractivity contribution is 0.104. The molecule has 118 valence electrons. The van der Waals surface area contributed by atoms with Crippen molar-refractivity contribution in [3.8, 4) is 23.3 Å². The van der Waals surface area contributed by atoms with Crippen molar-refractivity contribution in [1.82, 2.24) is 0 Å². The van der Waals surface area contributed by atoms with Crippen molar-refractivity contribution in [3.05, 3.63) is 45.2 Å². The standard InChI is InChI=1S/C17H15NO4S/c1-10-4-5-23-17(10)15(19)12(9-18)6-11-7-13(21-2)16(20)14(8-11)22-3/h4-8,20H,1-3H3/b12-6+. The summed E-state index contributed by atoms with van der Waals surface area (Å²) >= 11 is 1.30. The zero-order valence-electron chi connectivity index (χ0n) is 12.9. The monoisotopic (exact) mass is 329 g/mol. The number of allylic oxidation sites excluding steroid dienone is 1. The normalized spacial score (nSPS) is 11.0. The number of aromatic hydroxyl groups is 1. The van der Waals surface area contributed by atoms with Crippen LogP contribution < -0.4 is 9.47 Å². The Balaban J connectivity index is 2.49. The largest absolute Gasteiger partial charge is 0.502 e. The fraction of sp³-hybridized carbons (Fsp3) is 0.176.